The van der Waals surface area contributed by atoms with Crippen molar-refractivity contribution in [1.29, 1.82) is 5.26 Å². The van der Waals surface area contributed by atoms with Crippen molar-refractivity contribution in [2.45, 2.75) is 37.0 Å². The molecule has 0 spiro atoms. The topological polar surface area (TPSA) is 97.1 Å². The minimum Gasteiger partial charge on any atom is -0.493 e. The summed E-state index contributed by atoms with van der Waals surface area (Å²) in [6.07, 6.45) is 1.80. The van der Waals surface area contributed by atoms with E-state index in [0.29, 0.717) is 27.2 Å². The normalized spacial score (nSPS) is 11.5. The number of thioether (sulfide) groups is 1. The van der Waals surface area contributed by atoms with Crippen LogP contribution in [0, 0.1) is 11.3 Å². The molecule has 0 saturated carbocycles. The highest BCUT2D eigenvalue weighted by Gasteiger charge is 2.19. The number of amides is 1. The van der Waals surface area contributed by atoms with Crippen LogP contribution in [0.3, 0.4) is 0 Å². The maximum atomic E-state index is 12.7. The van der Waals surface area contributed by atoms with Gasteiger partial charge >= 0.3 is 0 Å². The Labute approximate surface area is 195 Å². The number of anilines is 1. The van der Waals surface area contributed by atoms with Gasteiger partial charge in [-0.25, -0.2) is 9.97 Å². The van der Waals surface area contributed by atoms with Gasteiger partial charge in [0.05, 0.1) is 30.7 Å². The number of hydrogen-bond acceptors (Lipinski definition) is 8. The number of hydrogen-bond donors (Lipinski definition) is 1. The smallest absolute Gasteiger partial charge is 0.239 e. The molecule has 2 aromatic heterocycles. The Morgan fingerprint density at radius 3 is 2.69 bits per heavy atom. The lowest BCUT2D eigenvalue weighted by molar-refractivity contribution is -0.115. The largest absolute Gasteiger partial charge is 0.493 e. The van der Waals surface area contributed by atoms with E-state index in [4.69, 9.17) is 9.47 Å². The Morgan fingerprint density at radius 1 is 1.22 bits per heavy atom. The van der Waals surface area contributed by atoms with Gasteiger partial charge in [0.1, 0.15) is 11.1 Å². The molecule has 0 bridgehead atoms. The van der Waals surface area contributed by atoms with E-state index >= 15 is 0 Å². The van der Waals surface area contributed by atoms with Crippen LogP contribution in [0.1, 0.15) is 31.5 Å². The molecule has 1 atom stereocenters. The number of nitrogens with one attached hydrogen (secondary N) is 1. The number of ether oxygens (including phenoxy) is 2. The number of nitriles is 1. The van der Waals surface area contributed by atoms with E-state index in [1.165, 1.54) is 23.1 Å². The van der Waals surface area contributed by atoms with Gasteiger partial charge in [-0.2, -0.15) is 5.26 Å². The number of rotatable bonds is 9. The van der Waals surface area contributed by atoms with Gasteiger partial charge in [-0.3, -0.25) is 4.79 Å². The average molecular weight is 469 g/mol. The van der Waals surface area contributed by atoms with Gasteiger partial charge in [-0.05, 0) is 43.7 Å². The van der Waals surface area contributed by atoms with E-state index in [1.807, 2.05) is 29.6 Å². The number of carbonyl (C=O) groups excluding carboxylic acids is 1. The monoisotopic (exact) mass is 468 g/mol. The molecule has 0 saturated heterocycles. The summed E-state index contributed by atoms with van der Waals surface area (Å²) in [6.45, 7) is 3.87. The number of carbonyl (C=O) groups is 1. The Balaban J connectivity index is 1.70. The summed E-state index contributed by atoms with van der Waals surface area (Å²) in [5.74, 6) is 1.05. The second kappa shape index (κ2) is 11.0. The molecule has 166 valence electrons. The second-order valence-corrected chi connectivity index (χ2v) is 9.06. The summed E-state index contributed by atoms with van der Waals surface area (Å²) in [5, 5.41) is 14.7. The number of benzene rings is 1. The van der Waals surface area contributed by atoms with Crippen molar-refractivity contribution in [1.82, 2.24) is 9.97 Å². The molecule has 0 aliphatic rings. The van der Waals surface area contributed by atoms with Gasteiger partial charge in [0, 0.05) is 16.6 Å². The van der Waals surface area contributed by atoms with Gasteiger partial charge < -0.3 is 14.8 Å². The first-order valence-electron chi connectivity index (χ1n) is 10.0. The predicted octanol–water partition coefficient (Wildman–Crippen LogP) is 5.17. The quantitative estimate of drug-likeness (QED) is 0.433. The van der Waals surface area contributed by atoms with Crippen molar-refractivity contribution >= 4 is 34.1 Å². The van der Waals surface area contributed by atoms with Crippen LogP contribution in [-0.4, -0.2) is 35.3 Å². The fourth-order valence-electron chi connectivity index (χ4n) is 2.94. The summed E-state index contributed by atoms with van der Waals surface area (Å²) in [7, 11) is 3.17. The van der Waals surface area contributed by atoms with Gasteiger partial charge in [-0.1, -0.05) is 25.1 Å². The Hall–Kier alpha value is -3.09. The van der Waals surface area contributed by atoms with Crippen molar-refractivity contribution in [2.24, 2.45) is 0 Å². The Morgan fingerprint density at radius 2 is 2.00 bits per heavy atom. The van der Waals surface area contributed by atoms with Crippen LogP contribution in [0.4, 0.5) is 5.13 Å². The fraction of sp³-hybridized carbons (Fsp3) is 0.304. The third kappa shape index (κ3) is 5.58. The number of thiazole rings is 1. The Bertz CT molecular complexity index is 1140. The molecular formula is C23H24N4O3S2. The number of aryl methyl sites for hydroxylation is 1. The molecule has 1 N–H and O–H groups in total. The van der Waals surface area contributed by atoms with E-state index < -0.39 is 5.25 Å². The molecule has 0 aliphatic heterocycles. The zero-order chi connectivity index (χ0) is 23.1. The summed E-state index contributed by atoms with van der Waals surface area (Å²) in [6, 6.07) is 11.3. The molecule has 32 heavy (non-hydrogen) atoms. The summed E-state index contributed by atoms with van der Waals surface area (Å²) in [4.78, 5) is 21.8. The van der Waals surface area contributed by atoms with Gasteiger partial charge in [0.15, 0.2) is 16.6 Å². The molecule has 1 aromatic carbocycles. The minimum atomic E-state index is -0.445. The summed E-state index contributed by atoms with van der Waals surface area (Å²) in [5.41, 5.74) is 2.98. The van der Waals surface area contributed by atoms with Gasteiger partial charge in [0.2, 0.25) is 5.91 Å². The third-order valence-electron chi connectivity index (χ3n) is 4.62. The fourth-order valence-corrected chi connectivity index (χ4v) is 4.57. The lowest BCUT2D eigenvalue weighted by atomic mass is 10.1. The highest BCUT2D eigenvalue weighted by Crippen LogP contribution is 2.34. The van der Waals surface area contributed by atoms with Crippen molar-refractivity contribution in [3.63, 3.8) is 0 Å². The van der Waals surface area contributed by atoms with Crippen molar-refractivity contribution in [3.05, 3.63) is 47.0 Å². The molecule has 2 heterocycles. The second-order valence-electron chi connectivity index (χ2n) is 6.87. The highest BCUT2D eigenvalue weighted by molar-refractivity contribution is 8.00. The molecule has 7 nitrogen and oxygen atoms in total. The first kappa shape index (κ1) is 23.6. The van der Waals surface area contributed by atoms with E-state index in [2.05, 4.69) is 28.3 Å². The van der Waals surface area contributed by atoms with Crippen LogP contribution >= 0.6 is 23.1 Å². The van der Waals surface area contributed by atoms with Crippen molar-refractivity contribution in [2.75, 3.05) is 19.5 Å². The number of methoxy groups -OCH3 is 2. The number of pyridine rings is 1. The first-order valence-corrected chi connectivity index (χ1v) is 11.8. The van der Waals surface area contributed by atoms with Crippen LogP contribution < -0.4 is 14.8 Å². The van der Waals surface area contributed by atoms with Crippen LogP contribution in [0.25, 0.3) is 11.3 Å². The number of nitrogens with zero attached hydrogens (tertiary/aromatic N) is 3. The minimum absolute atomic E-state index is 0.199. The molecule has 1 unspecified atom stereocenters. The van der Waals surface area contributed by atoms with E-state index in [-0.39, 0.29) is 5.91 Å². The zero-order valence-corrected chi connectivity index (χ0v) is 20.0. The molecule has 0 fully saturated rings. The molecule has 0 aliphatic carbocycles. The van der Waals surface area contributed by atoms with Crippen LogP contribution in [0.15, 0.2) is 40.7 Å². The van der Waals surface area contributed by atoms with Gasteiger partial charge in [0.25, 0.3) is 0 Å². The molecule has 3 aromatic rings. The third-order valence-corrected chi connectivity index (χ3v) is 6.48. The molecule has 9 heteroatoms. The highest BCUT2D eigenvalue weighted by atomic mass is 32.2. The average Bonchev–Trinajstić information content (AvgIpc) is 3.27. The van der Waals surface area contributed by atoms with Crippen LogP contribution in [-0.2, 0) is 11.2 Å². The standard InChI is InChI=1S/C23H24N4O3S2/c1-5-6-17-9-7-16(12-24)22(25-17)32-14(2)21(28)27-23-26-18(13-31-23)15-8-10-19(29-3)20(11-15)30-4/h7-11,13-14H,5-6H2,1-4H3,(H,26,27,28). The Kier molecular flexibility index (Phi) is 8.09. The molecule has 0 radical (unpaired) electrons. The zero-order valence-electron chi connectivity index (χ0n) is 18.3. The van der Waals surface area contributed by atoms with Crippen molar-refractivity contribution in [3.8, 4) is 28.8 Å². The maximum absolute atomic E-state index is 12.7. The van der Waals surface area contributed by atoms with Gasteiger partial charge in [-0.15, -0.1) is 11.3 Å². The van der Waals surface area contributed by atoms with E-state index in [1.54, 1.807) is 27.2 Å². The van der Waals surface area contributed by atoms with Crippen LogP contribution in [0.2, 0.25) is 0 Å². The maximum Gasteiger partial charge on any atom is 0.239 e. The van der Waals surface area contributed by atoms with E-state index in [0.717, 1.165) is 29.8 Å². The first-order chi connectivity index (χ1) is 15.5. The lowest BCUT2D eigenvalue weighted by Crippen LogP contribution is -2.22. The number of aromatic nitrogens is 2. The summed E-state index contributed by atoms with van der Waals surface area (Å²) < 4.78 is 10.6. The van der Waals surface area contributed by atoms with E-state index in [9.17, 15) is 10.1 Å². The predicted molar refractivity (Wildman–Crippen MR) is 128 cm³/mol. The summed E-state index contributed by atoms with van der Waals surface area (Å²) >= 11 is 2.62. The van der Waals surface area contributed by atoms with Crippen molar-refractivity contribution < 1.29 is 14.3 Å². The lowest BCUT2D eigenvalue weighted by Gasteiger charge is -2.12. The van der Waals surface area contributed by atoms with Crippen LogP contribution in [0.5, 0.6) is 11.5 Å². The SMILES string of the molecule is CCCc1ccc(C#N)c(SC(C)C(=O)Nc2nc(-c3ccc(OC)c(OC)c3)cs2)n1. The molecular weight excluding hydrogens is 444 g/mol. The molecule has 1 amide bonds. The molecule has 3 rings (SSSR count).